The van der Waals surface area contributed by atoms with Crippen LogP contribution in [0, 0.1) is 5.92 Å². The van der Waals surface area contributed by atoms with Crippen molar-refractivity contribution in [3.63, 3.8) is 0 Å². The number of piperidine rings is 2. The lowest BCUT2D eigenvalue weighted by atomic mass is 9.70. The highest BCUT2D eigenvalue weighted by atomic mass is 16.1. The molecule has 1 amide bonds. The lowest BCUT2D eigenvalue weighted by Gasteiger charge is -2.51. The van der Waals surface area contributed by atoms with Crippen LogP contribution in [-0.4, -0.2) is 28.4 Å². The molecule has 0 radical (unpaired) electrons. The fourth-order valence-corrected chi connectivity index (χ4v) is 3.88. The van der Waals surface area contributed by atoms with Crippen LogP contribution in [0.15, 0.2) is 24.5 Å². The second kappa shape index (κ2) is 4.71. The summed E-state index contributed by atoms with van der Waals surface area (Å²) in [4.78, 5) is 17.6. The third kappa shape index (κ3) is 1.82. The number of aromatic nitrogens is 1. The van der Waals surface area contributed by atoms with Gasteiger partial charge >= 0.3 is 0 Å². The number of rotatable bonds is 2. The first-order valence-electron chi connectivity index (χ1n) is 6.94. The van der Waals surface area contributed by atoms with Gasteiger partial charge < -0.3 is 4.90 Å². The number of fused-ring (bicyclic) bond motifs is 2. The van der Waals surface area contributed by atoms with Gasteiger partial charge in [-0.15, -0.1) is 0 Å². The predicted molar refractivity (Wildman–Crippen MR) is 70.1 cm³/mol. The van der Waals surface area contributed by atoms with E-state index in [4.69, 9.17) is 0 Å². The molecule has 4 unspecified atom stereocenters. The van der Waals surface area contributed by atoms with Gasteiger partial charge in [-0.05, 0) is 49.1 Å². The molecule has 0 saturated carbocycles. The molecule has 2 aliphatic heterocycles. The van der Waals surface area contributed by atoms with Crippen molar-refractivity contribution in [3.8, 4) is 0 Å². The molecular weight excluding hydrogens is 224 g/mol. The van der Waals surface area contributed by atoms with E-state index >= 15 is 0 Å². The standard InChI is InChI=1S/C15H20N2O/c1-11-14(12-4-3-7-16-9-12)8-13-5-2-6-15(11)17(13)10-18/h3-4,7,9-11,13-15H,2,5-6,8H2,1H3. The molecule has 0 aromatic carbocycles. The fourth-order valence-electron chi connectivity index (χ4n) is 3.88. The van der Waals surface area contributed by atoms with Crippen molar-refractivity contribution in [2.75, 3.05) is 0 Å². The molecule has 3 heterocycles. The van der Waals surface area contributed by atoms with Crippen LogP contribution in [0.1, 0.15) is 44.1 Å². The van der Waals surface area contributed by atoms with Crippen LogP contribution in [0.4, 0.5) is 0 Å². The summed E-state index contributed by atoms with van der Waals surface area (Å²) >= 11 is 0. The predicted octanol–water partition coefficient (Wildman–Crippen LogP) is 2.58. The largest absolute Gasteiger partial charge is 0.339 e. The molecule has 2 fully saturated rings. The molecule has 2 saturated heterocycles. The van der Waals surface area contributed by atoms with E-state index in [1.54, 1.807) is 0 Å². The van der Waals surface area contributed by atoms with Gasteiger partial charge in [0.2, 0.25) is 6.41 Å². The van der Waals surface area contributed by atoms with E-state index < -0.39 is 0 Å². The van der Waals surface area contributed by atoms with Crippen LogP contribution in [0.2, 0.25) is 0 Å². The average molecular weight is 244 g/mol. The Hall–Kier alpha value is -1.38. The molecule has 3 heteroatoms. The molecule has 0 spiro atoms. The summed E-state index contributed by atoms with van der Waals surface area (Å²) in [6, 6.07) is 5.08. The molecule has 18 heavy (non-hydrogen) atoms. The van der Waals surface area contributed by atoms with E-state index in [1.165, 1.54) is 18.4 Å². The Balaban J connectivity index is 1.89. The van der Waals surface area contributed by atoms with Gasteiger partial charge in [-0.1, -0.05) is 13.0 Å². The zero-order valence-corrected chi connectivity index (χ0v) is 10.8. The van der Waals surface area contributed by atoms with Crippen molar-refractivity contribution < 1.29 is 4.79 Å². The monoisotopic (exact) mass is 244 g/mol. The van der Waals surface area contributed by atoms with Crippen LogP contribution < -0.4 is 0 Å². The molecule has 1 aromatic heterocycles. The van der Waals surface area contributed by atoms with Crippen molar-refractivity contribution >= 4 is 6.41 Å². The Bertz CT molecular complexity index is 420. The summed E-state index contributed by atoms with van der Waals surface area (Å²) in [5, 5.41) is 0. The van der Waals surface area contributed by atoms with E-state index in [0.29, 0.717) is 23.9 Å². The first-order chi connectivity index (χ1) is 8.81. The van der Waals surface area contributed by atoms with Crippen molar-refractivity contribution in [1.29, 1.82) is 0 Å². The highest BCUT2D eigenvalue weighted by molar-refractivity contribution is 5.50. The van der Waals surface area contributed by atoms with E-state index in [9.17, 15) is 4.79 Å². The van der Waals surface area contributed by atoms with Crippen molar-refractivity contribution in [2.45, 2.75) is 50.6 Å². The lowest BCUT2D eigenvalue weighted by molar-refractivity contribution is -0.129. The third-order valence-electron chi connectivity index (χ3n) is 4.84. The summed E-state index contributed by atoms with van der Waals surface area (Å²) in [6.07, 6.45) is 9.59. The maximum atomic E-state index is 11.3. The quantitative estimate of drug-likeness (QED) is 0.749. The number of amides is 1. The number of hydrogen-bond acceptors (Lipinski definition) is 2. The molecule has 0 aliphatic carbocycles. The van der Waals surface area contributed by atoms with Crippen LogP contribution in [-0.2, 0) is 4.79 Å². The third-order valence-corrected chi connectivity index (χ3v) is 4.84. The molecular formula is C15H20N2O. The van der Waals surface area contributed by atoms with Crippen molar-refractivity contribution in [3.05, 3.63) is 30.1 Å². The Labute approximate surface area is 108 Å². The first-order valence-corrected chi connectivity index (χ1v) is 6.94. The molecule has 3 rings (SSSR count). The Morgan fingerprint density at radius 2 is 2.33 bits per heavy atom. The number of nitrogens with zero attached hydrogens (tertiary/aromatic N) is 2. The van der Waals surface area contributed by atoms with E-state index in [2.05, 4.69) is 22.9 Å². The van der Waals surface area contributed by atoms with Gasteiger partial charge in [-0.2, -0.15) is 0 Å². The molecule has 0 N–H and O–H groups in total. The van der Waals surface area contributed by atoms with Gasteiger partial charge in [0.25, 0.3) is 0 Å². The minimum atomic E-state index is 0.431. The maximum Gasteiger partial charge on any atom is 0.210 e. The number of hydrogen-bond donors (Lipinski definition) is 0. The highest BCUT2D eigenvalue weighted by Gasteiger charge is 2.42. The number of carbonyl (C=O) groups excluding carboxylic acids is 1. The maximum absolute atomic E-state index is 11.3. The molecule has 96 valence electrons. The van der Waals surface area contributed by atoms with E-state index in [-0.39, 0.29) is 0 Å². The summed E-state index contributed by atoms with van der Waals surface area (Å²) in [7, 11) is 0. The van der Waals surface area contributed by atoms with E-state index in [0.717, 1.165) is 19.3 Å². The van der Waals surface area contributed by atoms with Gasteiger partial charge in [-0.25, -0.2) is 0 Å². The molecule has 2 aliphatic rings. The molecule has 3 nitrogen and oxygen atoms in total. The normalized spacial score (nSPS) is 35.3. The summed E-state index contributed by atoms with van der Waals surface area (Å²) in [5.41, 5.74) is 1.34. The Morgan fingerprint density at radius 1 is 1.44 bits per heavy atom. The zero-order chi connectivity index (χ0) is 12.5. The Kier molecular flexibility index (Phi) is 3.06. The van der Waals surface area contributed by atoms with E-state index in [1.807, 2.05) is 18.5 Å². The molecule has 4 atom stereocenters. The van der Waals surface area contributed by atoms with Crippen LogP contribution in [0.3, 0.4) is 0 Å². The topological polar surface area (TPSA) is 33.2 Å². The zero-order valence-electron chi connectivity index (χ0n) is 10.8. The second-order valence-electron chi connectivity index (χ2n) is 5.69. The van der Waals surface area contributed by atoms with Gasteiger partial charge in [0.1, 0.15) is 0 Å². The van der Waals surface area contributed by atoms with Crippen LogP contribution in [0.5, 0.6) is 0 Å². The first kappa shape index (κ1) is 11.7. The SMILES string of the molecule is CC1C(c2cccnc2)CC2CCCC1N2C=O. The summed E-state index contributed by atoms with van der Waals surface area (Å²) < 4.78 is 0. The second-order valence-corrected chi connectivity index (χ2v) is 5.69. The number of carbonyl (C=O) groups is 1. The van der Waals surface area contributed by atoms with Gasteiger partial charge in [0.15, 0.2) is 0 Å². The van der Waals surface area contributed by atoms with Gasteiger partial charge in [0.05, 0.1) is 0 Å². The van der Waals surface area contributed by atoms with Gasteiger partial charge in [-0.3, -0.25) is 9.78 Å². The fraction of sp³-hybridized carbons (Fsp3) is 0.600. The Morgan fingerprint density at radius 3 is 3.06 bits per heavy atom. The van der Waals surface area contributed by atoms with Crippen molar-refractivity contribution in [1.82, 2.24) is 9.88 Å². The van der Waals surface area contributed by atoms with Crippen LogP contribution >= 0.6 is 0 Å². The van der Waals surface area contributed by atoms with Gasteiger partial charge in [0, 0.05) is 24.5 Å². The summed E-state index contributed by atoms with van der Waals surface area (Å²) in [5.74, 6) is 1.10. The summed E-state index contributed by atoms with van der Waals surface area (Å²) in [6.45, 7) is 2.29. The average Bonchev–Trinajstić information content (AvgIpc) is 2.43. The number of pyridine rings is 1. The van der Waals surface area contributed by atoms with Crippen LogP contribution in [0.25, 0.3) is 0 Å². The molecule has 2 bridgehead atoms. The minimum Gasteiger partial charge on any atom is -0.339 e. The molecule has 1 aromatic rings. The highest BCUT2D eigenvalue weighted by Crippen LogP contribution is 2.44. The smallest absolute Gasteiger partial charge is 0.210 e. The van der Waals surface area contributed by atoms with Crippen molar-refractivity contribution in [2.24, 2.45) is 5.92 Å². The lowest BCUT2D eigenvalue weighted by Crippen LogP contribution is -2.54. The minimum absolute atomic E-state index is 0.431.